The minimum atomic E-state index is 0.0652. The Kier molecular flexibility index (Phi) is 2.93. The zero-order valence-electron chi connectivity index (χ0n) is 12.0. The Balaban J connectivity index is 1.68. The van der Waals surface area contributed by atoms with E-state index in [1.807, 2.05) is 65.5 Å². The monoisotopic (exact) mass is 290 g/mol. The van der Waals surface area contributed by atoms with Gasteiger partial charge in [0.05, 0.1) is 17.1 Å². The number of aromatic nitrogens is 6. The normalized spacial score (nSPS) is 13.3. The van der Waals surface area contributed by atoms with Gasteiger partial charge < -0.3 is 0 Å². The Morgan fingerprint density at radius 2 is 1.50 bits per heavy atom. The van der Waals surface area contributed by atoms with Gasteiger partial charge in [0.2, 0.25) is 0 Å². The number of fused-ring (bicyclic) bond motifs is 2. The summed E-state index contributed by atoms with van der Waals surface area (Å²) in [6.45, 7) is 2.07. The molecule has 0 spiro atoms. The maximum Gasteiger partial charge on any atom is 0.113 e. The molecule has 0 bridgehead atoms. The van der Waals surface area contributed by atoms with Crippen molar-refractivity contribution in [3.05, 3.63) is 54.6 Å². The van der Waals surface area contributed by atoms with E-state index in [-0.39, 0.29) is 6.04 Å². The predicted molar refractivity (Wildman–Crippen MR) is 85.1 cm³/mol. The lowest BCUT2D eigenvalue weighted by atomic mass is 10.3. The fourth-order valence-corrected chi connectivity index (χ4v) is 2.47. The quantitative estimate of drug-likeness (QED) is 0.582. The molecular weight excluding hydrogens is 276 g/mol. The Hall–Kier alpha value is -3.02. The summed E-state index contributed by atoms with van der Waals surface area (Å²) in [5, 5.41) is 16.7. The van der Waals surface area contributed by atoms with Crippen molar-refractivity contribution in [2.75, 3.05) is 0 Å². The van der Waals surface area contributed by atoms with Crippen LogP contribution in [0.3, 0.4) is 0 Å². The molecule has 0 radical (unpaired) electrons. The van der Waals surface area contributed by atoms with Gasteiger partial charge in [0.1, 0.15) is 11.0 Å². The van der Waals surface area contributed by atoms with Crippen LogP contribution >= 0.6 is 0 Å². The van der Waals surface area contributed by atoms with Crippen LogP contribution in [0.25, 0.3) is 28.3 Å². The van der Waals surface area contributed by atoms with Crippen molar-refractivity contribution in [2.24, 2.45) is 0 Å². The molecule has 108 valence electrons. The number of rotatable bonds is 3. The molecule has 0 N–H and O–H groups in total. The smallest absolute Gasteiger partial charge is 0.113 e. The first-order valence-electron chi connectivity index (χ1n) is 7.11. The summed E-state index contributed by atoms with van der Waals surface area (Å²) in [4.78, 5) is 0. The summed E-state index contributed by atoms with van der Waals surface area (Å²) in [6, 6.07) is 15.9. The van der Waals surface area contributed by atoms with E-state index in [1.54, 1.807) is 4.68 Å². The molecule has 0 aliphatic rings. The van der Waals surface area contributed by atoms with Gasteiger partial charge in [-0.3, -0.25) is 0 Å². The van der Waals surface area contributed by atoms with E-state index in [9.17, 15) is 0 Å². The lowest BCUT2D eigenvalue weighted by Crippen LogP contribution is -2.04. The van der Waals surface area contributed by atoms with Gasteiger partial charge in [0.15, 0.2) is 0 Å². The van der Waals surface area contributed by atoms with Crippen LogP contribution in [0.15, 0.2) is 54.6 Å². The van der Waals surface area contributed by atoms with Gasteiger partial charge >= 0.3 is 0 Å². The van der Waals surface area contributed by atoms with Crippen LogP contribution in [0, 0.1) is 0 Å². The lowest BCUT2D eigenvalue weighted by molar-refractivity contribution is 0.575. The van der Waals surface area contributed by atoms with Crippen LogP contribution < -0.4 is 0 Å². The molecule has 0 fully saturated rings. The minimum Gasteiger partial charge on any atom is -0.238 e. The number of hydrogen-bond acceptors (Lipinski definition) is 4. The van der Waals surface area contributed by atoms with Crippen molar-refractivity contribution in [3.63, 3.8) is 0 Å². The zero-order valence-corrected chi connectivity index (χ0v) is 12.0. The summed E-state index contributed by atoms with van der Waals surface area (Å²) in [6.07, 6.45) is 3.94. The highest BCUT2D eigenvalue weighted by molar-refractivity contribution is 5.76. The molecule has 1 atom stereocenters. The lowest BCUT2D eigenvalue weighted by Gasteiger charge is -2.07. The fourth-order valence-electron chi connectivity index (χ4n) is 2.47. The molecule has 4 rings (SSSR count). The Morgan fingerprint density at radius 3 is 2.32 bits per heavy atom. The van der Waals surface area contributed by atoms with Gasteiger partial charge in [0, 0.05) is 6.20 Å². The number of allylic oxidation sites excluding steroid dienone is 1. The summed E-state index contributed by atoms with van der Waals surface area (Å²) in [7, 11) is 0. The molecule has 2 aromatic carbocycles. The van der Waals surface area contributed by atoms with Gasteiger partial charge in [-0.25, -0.2) is 9.36 Å². The van der Waals surface area contributed by atoms with Crippen molar-refractivity contribution < 1.29 is 0 Å². The second kappa shape index (κ2) is 5.07. The van der Waals surface area contributed by atoms with Crippen LogP contribution in [0.2, 0.25) is 0 Å². The van der Waals surface area contributed by atoms with Crippen LogP contribution in [0.5, 0.6) is 0 Å². The van der Waals surface area contributed by atoms with Crippen LogP contribution in [-0.4, -0.2) is 30.0 Å². The molecule has 0 saturated heterocycles. The van der Waals surface area contributed by atoms with E-state index in [2.05, 4.69) is 27.5 Å². The number of para-hydroxylation sites is 2. The van der Waals surface area contributed by atoms with E-state index in [0.29, 0.717) is 0 Å². The largest absolute Gasteiger partial charge is 0.238 e. The van der Waals surface area contributed by atoms with Crippen molar-refractivity contribution in [3.8, 4) is 0 Å². The first-order valence-corrected chi connectivity index (χ1v) is 7.11. The standard InChI is InChI=1S/C16H14N6/c1-12(22-16-9-5-3-7-14(16)18-20-22)10-11-21-15-8-4-2-6-13(15)17-19-21/h2-12H,1H3/b11-10+. The Labute approximate surface area is 126 Å². The molecule has 0 aliphatic carbocycles. The molecule has 0 saturated carbocycles. The number of nitrogens with zero attached hydrogens (tertiary/aromatic N) is 6. The van der Waals surface area contributed by atoms with Crippen LogP contribution in [0.4, 0.5) is 0 Å². The molecule has 6 nitrogen and oxygen atoms in total. The van der Waals surface area contributed by atoms with E-state index >= 15 is 0 Å². The zero-order chi connectivity index (χ0) is 14.9. The second-order valence-electron chi connectivity index (χ2n) is 5.13. The molecular formula is C16H14N6. The summed E-state index contributed by atoms with van der Waals surface area (Å²) in [5.74, 6) is 0. The fraction of sp³-hybridized carbons (Fsp3) is 0.125. The average molecular weight is 290 g/mol. The maximum absolute atomic E-state index is 4.23. The van der Waals surface area contributed by atoms with Gasteiger partial charge in [-0.1, -0.05) is 34.7 Å². The third-order valence-electron chi connectivity index (χ3n) is 3.65. The predicted octanol–water partition coefficient (Wildman–Crippen LogP) is 2.91. The summed E-state index contributed by atoms with van der Waals surface area (Å²) >= 11 is 0. The van der Waals surface area contributed by atoms with E-state index in [0.717, 1.165) is 22.1 Å². The van der Waals surface area contributed by atoms with Crippen molar-refractivity contribution in [1.29, 1.82) is 0 Å². The molecule has 4 aromatic rings. The Morgan fingerprint density at radius 1 is 0.864 bits per heavy atom. The average Bonchev–Trinajstić information content (AvgIpc) is 3.17. The topological polar surface area (TPSA) is 61.4 Å². The SMILES string of the molecule is CC(/C=C/n1nnc2ccccc21)n1nnc2ccccc21. The summed E-state index contributed by atoms with van der Waals surface area (Å²) in [5.41, 5.74) is 3.78. The van der Waals surface area contributed by atoms with E-state index in [1.165, 1.54) is 0 Å². The number of hydrogen-bond donors (Lipinski definition) is 0. The highest BCUT2D eigenvalue weighted by Gasteiger charge is 2.08. The van der Waals surface area contributed by atoms with Crippen molar-refractivity contribution in [2.45, 2.75) is 13.0 Å². The van der Waals surface area contributed by atoms with Crippen molar-refractivity contribution >= 4 is 28.3 Å². The van der Waals surface area contributed by atoms with Crippen LogP contribution in [-0.2, 0) is 0 Å². The highest BCUT2D eigenvalue weighted by Crippen LogP contribution is 2.17. The van der Waals surface area contributed by atoms with Gasteiger partial charge in [0.25, 0.3) is 0 Å². The highest BCUT2D eigenvalue weighted by atomic mass is 15.4. The number of benzene rings is 2. The Bertz CT molecular complexity index is 965. The molecule has 22 heavy (non-hydrogen) atoms. The molecule has 0 aliphatic heterocycles. The van der Waals surface area contributed by atoms with Crippen molar-refractivity contribution in [1.82, 2.24) is 30.0 Å². The minimum absolute atomic E-state index is 0.0652. The van der Waals surface area contributed by atoms with Gasteiger partial charge in [-0.05, 0) is 37.3 Å². The second-order valence-corrected chi connectivity index (χ2v) is 5.13. The van der Waals surface area contributed by atoms with E-state index in [4.69, 9.17) is 0 Å². The third kappa shape index (κ3) is 2.05. The molecule has 1 unspecified atom stereocenters. The van der Waals surface area contributed by atoms with Gasteiger partial charge in [-0.15, -0.1) is 10.2 Å². The molecule has 2 aromatic heterocycles. The molecule has 0 amide bonds. The first kappa shape index (κ1) is 12.7. The third-order valence-corrected chi connectivity index (χ3v) is 3.65. The van der Waals surface area contributed by atoms with Crippen LogP contribution in [0.1, 0.15) is 13.0 Å². The molecule has 2 heterocycles. The first-order chi connectivity index (χ1) is 10.8. The summed E-state index contributed by atoms with van der Waals surface area (Å²) < 4.78 is 3.66. The van der Waals surface area contributed by atoms with E-state index < -0.39 is 0 Å². The maximum atomic E-state index is 4.23. The molecule has 6 heteroatoms. The van der Waals surface area contributed by atoms with Gasteiger partial charge in [-0.2, -0.15) is 0 Å².